The highest BCUT2D eigenvalue weighted by Gasteiger charge is 2.26. The van der Waals surface area contributed by atoms with Gasteiger partial charge in [0.1, 0.15) is 12.4 Å². The molecule has 33 heavy (non-hydrogen) atoms. The van der Waals surface area contributed by atoms with Crippen molar-refractivity contribution in [2.45, 2.75) is 32.3 Å². The van der Waals surface area contributed by atoms with Gasteiger partial charge >= 0.3 is 5.97 Å². The molecular weight excluding hydrogens is 484 g/mol. The van der Waals surface area contributed by atoms with E-state index in [-0.39, 0.29) is 18.8 Å². The molecule has 1 saturated heterocycles. The van der Waals surface area contributed by atoms with Crippen LogP contribution in [0.15, 0.2) is 35.2 Å². The summed E-state index contributed by atoms with van der Waals surface area (Å²) in [6.45, 7) is 3.67. The van der Waals surface area contributed by atoms with Crippen LogP contribution >= 0.6 is 23.7 Å². The number of rotatable bonds is 7. The van der Waals surface area contributed by atoms with Crippen molar-refractivity contribution in [3.63, 3.8) is 0 Å². The molecular formula is C23H29ClN2O5S2. The largest absolute Gasteiger partial charge is 0.488 e. The van der Waals surface area contributed by atoms with Crippen molar-refractivity contribution >= 4 is 45.3 Å². The van der Waals surface area contributed by atoms with Gasteiger partial charge in [-0.2, -0.15) is 0 Å². The zero-order valence-corrected chi connectivity index (χ0v) is 21.0. The molecule has 0 saturated carbocycles. The standard InChI is InChI=1S/C23H28N2O5S2.ClH/c1-32(28,29)24-8-2-9-25-10-5-17(6-11-25)22-19-13-16(14-21(26)27)3-4-20(19)30-15-18-7-12-31-23(18)22;/h3-4,7,12-13,24H,2,5-6,8-11,14-15H2,1H3,(H,26,27);1H. The van der Waals surface area contributed by atoms with Crippen LogP contribution in [-0.4, -0.2) is 56.8 Å². The summed E-state index contributed by atoms with van der Waals surface area (Å²) >= 11 is 1.71. The van der Waals surface area contributed by atoms with Crippen LogP contribution in [0.2, 0.25) is 0 Å². The first-order valence-corrected chi connectivity index (χ1v) is 13.5. The molecule has 0 radical (unpaired) electrons. The average Bonchev–Trinajstić information content (AvgIpc) is 3.13. The molecule has 4 rings (SSSR count). The van der Waals surface area contributed by atoms with Crippen LogP contribution in [-0.2, 0) is 27.8 Å². The molecule has 2 N–H and O–H groups in total. The van der Waals surface area contributed by atoms with E-state index in [0.717, 1.165) is 55.8 Å². The third-order valence-electron chi connectivity index (χ3n) is 5.85. The van der Waals surface area contributed by atoms with Crippen molar-refractivity contribution in [2.75, 3.05) is 32.4 Å². The molecule has 2 aliphatic rings. The fraction of sp³-hybridized carbons (Fsp3) is 0.435. The van der Waals surface area contributed by atoms with Crippen molar-refractivity contribution in [1.82, 2.24) is 9.62 Å². The Bertz CT molecular complexity index is 1130. The number of nitrogens with zero attached hydrogens (tertiary/aromatic N) is 1. The number of nitrogens with one attached hydrogen (secondary N) is 1. The molecule has 0 bridgehead atoms. The summed E-state index contributed by atoms with van der Waals surface area (Å²) in [5.41, 5.74) is 5.51. The highest BCUT2D eigenvalue weighted by atomic mass is 35.5. The third kappa shape index (κ3) is 6.58. The fourth-order valence-electron chi connectivity index (χ4n) is 4.34. The van der Waals surface area contributed by atoms with Gasteiger partial charge in [0.25, 0.3) is 0 Å². The van der Waals surface area contributed by atoms with Crippen molar-refractivity contribution in [3.05, 3.63) is 56.8 Å². The summed E-state index contributed by atoms with van der Waals surface area (Å²) in [6, 6.07) is 7.81. The highest BCUT2D eigenvalue weighted by Crippen LogP contribution is 2.43. The summed E-state index contributed by atoms with van der Waals surface area (Å²) < 4.78 is 31.1. The van der Waals surface area contributed by atoms with Gasteiger partial charge in [-0.15, -0.1) is 23.7 Å². The van der Waals surface area contributed by atoms with Gasteiger partial charge < -0.3 is 14.7 Å². The van der Waals surface area contributed by atoms with Crippen LogP contribution < -0.4 is 9.46 Å². The maximum absolute atomic E-state index is 11.3. The zero-order valence-electron chi connectivity index (χ0n) is 18.5. The van der Waals surface area contributed by atoms with E-state index in [1.54, 1.807) is 11.3 Å². The smallest absolute Gasteiger partial charge is 0.307 e. The lowest BCUT2D eigenvalue weighted by atomic mass is 9.89. The van der Waals surface area contributed by atoms with Crippen molar-refractivity contribution in [2.24, 2.45) is 0 Å². The van der Waals surface area contributed by atoms with Crippen LogP contribution in [0.1, 0.15) is 40.8 Å². The van der Waals surface area contributed by atoms with Gasteiger partial charge in [-0.25, -0.2) is 13.1 Å². The Morgan fingerprint density at radius 1 is 1.24 bits per heavy atom. The second kappa shape index (κ2) is 11.0. The second-order valence-electron chi connectivity index (χ2n) is 8.30. The molecule has 0 spiro atoms. The van der Waals surface area contributed by atoms with E-state index in [1.165, 1.54) is 27.8 Å². The van der Waals surface area contributed by atoms with Crippen LogP contribution in [0, 0.1) is 0 Å². The van der Waals surface area contributed by atoms with E-state index in [4.69, 9.17) is 4.74 Å². The van der Waals surface area contributed by atoms with Gasteiger partial charge in [0.15, 0.2) is 0 Å². The van der Waals surface area contributed by atoms with Crippen molar-refractivity contribution < 1.29 is 23.1 Å². The number of halogens is 1. The van der Waals surface area contributed by atoms with Crippen molar-refractivity contribution in [3.8, 4) is 5.75 Å². The number of thiophene rings is 1. The molecule has 1 aromatic heterocycles. The van der Waals surface area contributed by atoms with Gasteiger partial charge in [-0.1, -0.05) is 11.6 Å². The number of benzene rings is 1. The molecule has 2 aliphatic heterocycles. The number of hydrogen-bond acceptors (Lipinski definition) is 6. The minimum absolute atomic E-state index is 0. The number of carbonyl (C=O) groups is 1. The monoisotopic (exact) mass is 512 g/mol. The summed E-state index contributed by atoms with van der Waals surface area (Å²) in [7, 11) is -3.14. The molecule has 0 aliphatic carbocycles. The van der Waals surface area contributed by atoms with E-state index in [1.807, 2.05) is 18.2 Å². The topological polar surface area (TPSA) is 95.9 Å². The van der Waals surface area contributed by atoms with Gasteiger partial charge in [0, 0.05) is 41.2 Å². The van der Waals surface area contributed by atoms with Gasteiger partial charge in [-0.3, -0.25) is 4.79 Å². The molecule has 3 heterocycles. The number of ether oxygens (including phenoxy) is 1. The number of likely N-dealkylation sites (tertiary alicyclic amines) is 1. The number of carboxylic acids is 1. The summed E-state index contributed by atoms with van der Waals surface area (Å²) in [5, 5.41) is 11.3. The molecule has 0 amide bonds. The molecule has 1 aromatic carbocycles. The van der Waals surface area contributed by atoms with Crippen LogP contribution in [0.25, 0.3) is 5.57 Å². The molecule has 1 fully saturated rings. The van der Waals surface area contributed by atoms with E-state index in [2.05, 4.69) is 21.1 Å². The zero-order chi connectivity index (χ0) is 22.7. The second-order valence-corrected chi connectivity index (χ2v) is 11.1. The average molecular weight is 513 g/mol. The predicted molar refractivity (Wildman–Crippen MR) is 133 cm³/mol. The molecule has 0 atom stereocenters. The number of sulfonamides is 1. The summed E-state index contributed by atoms with van der Waals surface area (Å²) in [5.74, 6) is -0.0384. The number of aliphatic carboxylic acids is 1. The minimum atomic E-state index is -3.14. The van der Waals surface area contributed by atoms with Crippen LogP contribution in [0.3, 0.4) is 0 Å². The first kappa shape index (κ1) is 25.7. The predicted octanol–water partition coefficient (Wildman–Crippen LogP) is 3.53. The van der Waals surface area contributed by atoms with E-state index >= 15 is 0 Å². The lowest BCUT2D eigenvalue weighted by Gasteiger charge is -2.30. The van der Waals surface area contributed by atoms with E-state index in [9.17, 15) is 18.3 Å². The van der Waals surface area contributed by atoms with Crippen molar-refractivity contribution in [1.29, 1.82) is 0 Å². The van der Waals surface area contributed by atoms with Gasteiger partial charge in [0.05, 0.1) is 12.7 Å². The fourth-order valence-corrected chi connectivity index (χ4v) is 5.87. The van der Waals surface area contributed by atoms with Crippen LogP contribution in [0.4, 0.5) is 0 Å². The first-order chi connectivity index (χ1) is 15.3. The Morgan fingerprint density at radius 3 is 2.70 bits per heavy atom. The van der Waals surface area contributed by atoms with E-state index in [0.29, 0.717) is 13.2 Å². The summed E-state index contributed by atoms with van der Waals surface area (Å²) in [4.78, 5) is 14.9. The number of hydrogen-bond donors (Lipinski definition) is 2. The third-order valence-corrected chi connectivity index (χ3v) is 7.56. The van der Waals surface area contributed by atoms with Gasteiger partial charge in [-0.05, 0) is 54.9 Å². The van der Waals surface area contributed by atoms with Gasteiger partial charge in [0.2, 0.25) is 10.0 Å². The quantitative estimate of drug-likeness (QED) is 0.551. The number of carboxylic acid groups (broad SMARTS) is 1. The van der Waals surface area contributed by atoms with E-state index < -0.39 is 16.0 Å². The Labute approximate surface area is 204 Å². The Kier molecular flexibility index (Phi) is 8.58. The lowest BCUT2D eigenvalue weighted by molar-refractivity contribution is -0.136. The van der Waals surface area contributed by atoms with Crippen LogP contribution in [0.5, 0.6) is 5.75 Å². The maximum Gasteiger partial charge on any atom is 0.307 e. The first-order valence-electron chi connectivity index (χ1n) is 10.7. The Hall–Kier alpha value is -1.91. The molecule has 7 nitrogen and oxygen atoms in total. The molecule has 0 unspecified atom stereocenters. The minimum Gasteiger partial charge on any atom is -0.488 e. The molecule has 2 aromatic rings. The lowest BCUT2D eigenvalue weighted by Crippen LogP contribution is -2.34. The summed E-state index contributed by atoms with van der Waals surface area (Å²) in [6.07, 6.45) is 3.80. The molecule has 10 heteroatoms. The maximum atomic E-state index is 11.3. The Balaban J connectivity index is 0.00000306. The number of piperidine rings is 1. The molecule has 180 valence electrons. The SMILES string of the molecule is CS(=O)(=O)NCCCN1CCC(=C2c3cc(CC(=O)O)ccc3OCc3ccsc32)CC1.Cl. The Morgan fingerprint density at radius 2 is 2.00 bits per heavy atom. The normalized spacial score (nSPS) is 16.3. The highest BCUT2D eigenvalue weighted by molar-refractivity contribution is 7.88. The number of fused-ring (bicyclic) bond motifs is 2.